The van der Waals surface area contributed by atoms with Gasteiger partial charge < -0.3 is 10.2 Å². The van der Waals surface area contributed by atoms with Gasteiger partial charge in [0.1, 0.15) is 11.5 Å². The lowest BCUT2D eigenvalue weighted by Gasteiger charge is -2.31. The molecule has 0 aromatic heterocycles. The van der Waals surface area contributed by atoms with Gasteiger partial charge in [-0.2, -0.15) is 0 Å². The SMILES string of the molecule is Cc1cc(F)ccc1NC(=O)c1ccc(N2CCC(C)CC2)c([N+](=O)[O-])c1. The minimum Gasteiger partial charge on any atom is -0.366 e. The summed E-state index contributed by atoms with van der Waals surface area (Å²) in [7, 11) is 0. The first-order valence-corrected chi connectivity index (χ1v) is 8.96. The molecule has 27 heavy (non-hydrogen) atoms. The summed E-state index contributed by atoms with van der Waals surface area (Å²) in [5, 5.41) is 14.2. The molecule has 1 saturated heterocycles. The number of nitrogens with one attached hydrogen (secondary N) is 1. The molecule has 142 valence electrons. The van der Waals surface area contributed by atoms with E-state index >= 15 is 0 Å². The molecule has 3 rings (SSSR count). The van der Waals surface area contributed by atoms with E-state index in [9.17, 15) is 19.3 Å². The van der Waals surface area contributed by atoms with Gasteiger partial charge in [-0.25, -0.2) is 4.39 Å². The van der Waals surface area contributed by atoms with E-state index in [-0.39, 0.29) is 17.1 Å². The molecule has 1 heterocycles. The average Bonchev–Trinajstić information content (AvgIpc) is 2.64. The maximum atomic E-state index is 13.2. The van der Waals surface area contributed by atoms with Crippen LogP contribution in [0.1, 0.15) is 35.7 Å². The van der Waals surface area contributed by atoms with Gasteiger partial charge in [0.2, 0.25) is 0 Å². The van der Waals surface area contributed by atoms with Gasteiger partial charge in [0.05, 0.1) is 4.92 Å². The molecule has 1 N–H and O–H groups in total. The van der Waals surface area contributed by atoms with Gasteiger partial charge in [0.25, 0.3) is 11.6 Å². The van der Waals surface area contributed by atoms with E-state index in [0.29, 0.717) is 22.9 Å². The fourth-order valence-electron chi connectivity index (χ4n) is 3.29. The van der Waals surface area contributed by atoms with Crippen molar-refractivity contribution in [1.29, 1.82) is 0 Å². The van der Waals surface area contributed by atoms with Gasteiger partial charge >= 0.3 is 0 Å². The van der Waals surface area contributed by atoms with Crippen molar-refractivity contribution in [1.82, 2.24) is 0 Å². The van der Waals surface area contributed by atoms with Crippen LogP contribution in [0.15, 0.2) is 36.4 Å². The number of hydrogen-bond donors (Lipinski definition) is 1. The number of nitrogens with zero attached hydrogens (tertiary/aromatic N) is 2. The van der Waals surface area contributed by atoms with Crippen LogP contribution in [0.25, 0.3) is 0 Å². The number of piperidine rings is 1. The molecule has 2 aromatic carbocycles. The zero-order valence-electron chi connectivity index (χ0n) is 15.4. The summed E-state index contributed by atoms with van der Waals surface area (Å²) in [6.45, 7) is 5.39. The molecule has 6 nitrogen and oxygen atoms in total. The van der Waals surface area contributed by atoms with Crippen molar-refractivity contribution in [2.45, 2.75) is 26.7 Å². The highest BCUT2D eigenvalue weighted by Crippen LogP contribution is 2.32. The number of amides is 1. The molecule has 1 aliphatic heterocycles. The fraction of sp³-hybridized carbons (Fsp3) is 0.350. The third-order valence-electron chi connectivity index (χ3n) is 5.00. The zero-order valence-corrected chi connectivity index (χ0v) is 15.4. The molecule has 1 fully saturated rings. The summed E-state index contributed by atoms with van der Waals surface area (Å²) >= 11 is 0. The van der Waals surface area contributed by atoms with Crippen LogP contribution >= 0.6 is 0 Å². The number of anilines is 2. The lowest BCUT2D eigenvalue weighted by atomic mass is 9.98. The van der Waals surface area contributed by atoms with Crippen molar-refractivity contribution in [3.63, 3.8) is 0 Å². The predicted octanol–water partition coefficient (Wildman–Crippen LogP) is 4.53. The normalized spacial score (nSPS) is 14.9. The van der Waals surface area contributed by atoms with Crippen molar-refractivity contribution in [2.75, 3.05) is 23.3 Å². The minimum atomic E-state index is -0.466. The van der Waals surface area contributed by atoms with Gasteiger partial charge in [0, 0.05) is 30.4 Å². The smallest absolute Gasteiger partial charge is 0.293 e. The first-order chi connectivity index (χ1) is 12.8. The number of nitro benzene ring substituents is 1. The highest BCUT2D eigenvalue weighted by Gasteiger charge is 2.25. The third kappa shape index (κ3) is 4.24. The minimum absolute atomic E-state index is 0.0759. The largest absolute Gasteiger partial charge is 0.366 e. The second kappa shape index (κ2) is 7.73. The van der Waals surface area contributed by atoms with E-state index in [1.165, 1.54) is 24.3 Å². The summed E-state index contributed by atoms with van der Waals surface area (Å²) in [5.41, 5.74) is 1.71. The molecule has 1 aliphatic rings. The topological polar surface area (TPSA) is 75.5 Å². The summed E-state index contributed by atoms with van der Waals surface area (Å²) in [5.74, 6) is -0.239. The number of hydrogen-bond acceptors (Lipinski definition) is 4. The lowest BCUT2D eigenvalue weighted by Crippen LogP contribution is -2.33. The quantitative estimate of drug-likeness (QED) is 0.633. The molecule has 1 amide bonds. The Morgan fingerprint density at radius 3 is 2.56 bits per heavy atom. The van der Waals surface area contributed by atoms with Crippen molar-refractivity contribution >= 4 is 23.0 Å². The zero-order chi connectivity index (χ0) is 19.6. The number of carbonyl (C=O) groups is 1. The van der Waals surface area contributed by atoms with Crippen molar-refractivity contribution in [3.05, 3.63) is 63.5 Å². The van der Waals surface area contributed by atoms with E-state index in [0.717, 1.165) is 25.9 Å². The Hall–Kier alpha value is -2.96. The Balaban J connectivity index is 1.85. The highest BCUT2D eigenvalue weighted by molar-refractivity contribution is 6.05. The van der Waals surface area contributed by atoms with Crippen LogP contribution in [0.2, 0.25) is 0 Å². The summed E-state index contributed by atoms with van der Waals surface area (Å²) in [6, 6.07) is 8.58. The lowest BCUT2D eigenvalue weighted by molar-refractivity contribution is -0.384. The van der Waals surface area contributed by atoms with Crippen LogP contribution < -0.4 is 10.2 Å². The molecule has 0 spiro atoms. The van der Waals surface area contributed by atoms with E-state index in [2.05, 4.69) is 12.2 Å². The van der Waals surface area contributed by atoms with Crippen LogP contribution in [0.3, 0.4) is 0 Å². The van der Waals surface area contributed by atoms with Gasteiger partial charge in [-0.05, 0) is 61.6 Å². The Morgan fingerprint density at radius 2 is 1.93 bits per heavy atom. The number of nitro groups is 1. The molecule has 0 saturated carbocycles. The maximum absolute atomic E-state index is 13.2. The number of carbonyl (C=O) groups excluding carboxylic acids is 1. The van der Waals surface area contributed by atoms with E-state index in [1.807, 2.05) is 4.90 Å². The Kier molecular flexibility index (Phi) is 5.39. The molecule has 7 heteroatoms. The van der Waals surface area contributed by atoms with E-state index in [4.69, 9.17) is 0 Å². The molecular formula is C20H22FN3O3. The number of benzene rings is 2. The van der Waals surface area contributed by atoms with Gasteiger partial charge in [-0.3, -0.25) is 14.9 Å². The molecule has 2 aromatic rings. The van der Waals surface area contributed by atoms with Crippen LogP contribution in [0.5, 0.6) is 0 Å². The Labute approximate surface area is 157 Å². The molecule has 0 atom stereocenters. The van der Waals surface area contributed by atoms with Crippen molar-refractivity contribution in [3.8, 4) is 0 Å². The first-order valence-electron chi connectivity index (χ1n) is 8.96. The van der Waals surface area contributed by atoms with Crippen molar-refractivity contribution < 1.29 is 14.1 Å². The van der Waals surface area contributed by atoms with E-state index < -0.39 is 10.8 Å². The summed E-state index contributed by atoms with van der Waals surface area (Å²) in [6.07, 6.45) is 1.98. The van der Waals surface area contributed by atoms with Crippen LogP contribution in [-0.2, 0) is 0 Å². The monoisotopic (exact) mass is 371 g/mol. The standard InChI is InChI=1S/C20H22FN3O3/c1-13-7-9-23(10-8-13)18-6-3-15(12-19(18)24(26)27)20(25)22-17-5-4-16(21)11-14(17)2/h3-6,11-13H,7-10H2,1-2H3,(H,22,25). The average molecular weight is 371 g/mol. The fourth-order valence-corrected chi connectivity index (χ4v) is 3.29. The molecule has 0 unspecified atom stereocenters. The second-order valence-electron chi connectivity index (χ2n) is 7.04. The highest BCUT2D eigenvalue weighted by atomic mass is 19.1. The Bertz CT molecular complexity index is 877. The van der Waals surface area contributed by atoms with Gasteiger partial charge in [0.15, 0.2) is 0 Å². The van der Waals surface area contributed by atoms with Crippen LogP contribution in [-0.4, -0.2) is 23.9 Å². The summed E-state index contributed by atoms with van der Waals surface area (Å²) in [4.78, 5) is 25.6. The van der Waals surface area contributed by atoms with Gasteiger partial charge in [-0.15, -0.1) is 0 Å². The third-order valence-corrected chi connectivity index (χ3v) is 5.00. The molecule has 0 bridgehead atoms. The Morgan fingerprint density at radius 1 is 1.22 bits per heavy atom. The second-order valence-corrected chi connectivity index (χ2v) is 7.04. The molecular weight excluding hydrogens is 349 g/mol. The van der Waals surface area contributed by atoms with Crippen LogP contribution in [0, 0.1) is 28.8 Å². The van der Waals surface area contributed by atoms with Crippen LogP contribution in [0.4, 0.5) is 21.5 Å². The maximum Gasteiger partial charge on any atom is 0.293 e. The number of halogens is 1. The molecule has 0 radical (unpaired) electrons. The van der Waals surface area contributed by atoms with E-state index in [1.54, 1.807) is 19.1 Å². The summed E-state index contributed by atoms with van der Waals surface area (Å²) < 4.78 is 13.2. The van der Waals surface area contributed by atoms with Crippen molar-refractivity contribution in [2.24, 2.45) is 5.92 Å². The number of aryl methyl sites for hydroxylation is 1. The predicted molar refractivity (Wildman–Crippen MR) is 103 cm³/mol. The van der Waals surface area contributed by atoms with Gasteiger partial charge in [-0.1, -0.05) is 6.92 Å². The first kappa shape index (κ1) is 18.8. The number of rotatable bonds is 4. The molecule has 0 aliphatic carbocycles.